The molecule has 0 aliphatic rings. The van der Waals surface area contributed by atoms with Crippen molar-refractivity contribution >= 4 is 16.7 Å². The van der Waals surface area contributed by atoms with Crippen molar-refractivity contribution in [3.8, 4) is 0 Å². The zero-order chi connectivity index (χ0) is 14.8. The Morgan fingerprint density at radius 3 is 2.90 bits per heavy atom. The zero-order valence-electron chi connectivity index (χ0n) is 12.2. The number of benzene rings is 1. The first-order valence-electron chi connectivity index (χ1n) is 7.08. The van der Waals surface area contributed by atoms with Crippen LogP contribution < -0.4 is 0 Å². The maximum absolute atomic E-state index is 12.5. The third-order valence-corrected chi connectivity index (χ3v) is 3.55. The molecule has 4 heteroatoms. The molecular weight excluding hydrogens is 262 g/mol. The van der Waals surface area contributed by atoms with E-state index in [0.717, 1.165) is 34.4 Å². The van der Waals surface area contributed by atoms with E-state index in [1.165, 1.54) is 0 Å². The summed E-state index contributed by atoms with van der Waals surface area (Å²) in [4.78, 5) is 16.7. The average Bonchev–Trinajstić information content (AvgIpc) is 2.86. The van der Waals surface area contributed by atoms with Gasteiger partial charge in [-0.05, 0) is 44.2 Å². The van der Waals surface area contributed by atoms with Gasteiger partial charge in [0.15, 0.2) is 5.78 Å². The second-order valence-electron chi connectivity index (χ2n) is 5.10. The van der Waals surface area contributed by atoms with Crippen LogP contribution in [-0.2, 0) is 13.0 Å². The van der Waals surface area contributed by atoms with Crippen LogP contribution in [0.25, 0.3) is 10.9 Å². The first kappa shape index (κ1) is 13.5. The Hall–Kier alpha value is -2.49. The molecule has 0 bridgehead atoms. The second-order valence-corrected chi connectivity index (χ2v) is 5.10. The highest BCUT2D eigenvalue weighted by Gasteiger charge is 2.12. The monoisotopic (exact) mass is 279 g/mol. The molecule has 0 amide bonds. The van der Waals surface area contributed by atoms with E-state index >= 15 is 0 Å². The number of hydrogen-bond donors (Lipinski definition) is 0. The molecule has 3 rings (SSSR count). The standard InChI is InChI=1S/C17H17N3O/c1-3-20-15(9-12(2)19-20)11-17(21)14-6-7-16-13(10-14)5-4-8-18-16/h4-10H,3,11H2,1-2H3. The van der Waals surface area contributed by atoms with Crippen LogP contribution in [0.4, 0.5) is 0 Å². The van der Waals surface area contributed by atoms with E-state index in [9.17, 15) is 4.79 Å². The number of nitrogens with zero attached hydrogens (tertiary/aromatic N) is 3. The van der Waals surface area contributed by atoms with Crippen LogP contribution in [-0.4, -0.2) is 20.5 Å². The predicted molar refractivity (Wildman–Crippen MR) is 82.4 cm³/mol. The summed E-state index contributed by atoms with van der Waals surface area (Å²) in [5.74, 6) is 0.107. The highest BCUT2D eigenvalue weighted by molar-refractivity contribution is 6.00. The van der Waals surface area contributed by atoms with E-state index in [2.05, 4.69) is 10.1 Å². The molecule has 0 saturated carbocycles. The van der Waals surface area contributed by atoms with Gasteiger partial charge in [-0.15, -0.1) is 0 Å². The van der Waals surface area contributed by atoms with Gasteiger partial charge in [-0.1, -0.05) is 6.07 Å². The summed E-state index contributed by atoms with van der Waals surface area (Å²) < 4.78 is 1.88. The van der Waals surface area contributed by atoms with E-state index in [1.807, 2.05) is 54.9 Å². The Morgan fingerprint density at radius 2 is 2.10 bits per heavy atom. The molecule has 0 saturated heterocycles. The lowest BCUT2D eigenvalue weighted by atomic mass is 10.0. The molecule has 0 N–H and O–H groups in total. The van der Waals surface area contributed by atoms with Crippen molar-refractivity contribution in [1.82, 2.24) is 14.8 Å². The quantitative estimate of drug-likeness (QED) is 0.689. The van der Waals surface area contributed by atoms with Crippen LogP contribution >= 0.6 is 0 Å². The number of carbonyl (C=O) groups excluding carboxylic acids is 1. The van der Waals surface area contributed by atoms with Crippen molar-refractivity contribution in [2.24, 2.45) is 0 Å². The maximum Gasteiger partial charge on any atom is 0.168 e. The number of fused-ring (bicyclic) bond motifs is 1. The molecular formula is C17H17N3O. The predicted octanol–water partition coefficient (Wildman–Crippen LogP) is 3.19. The van der Waals surface area contributed by atoms with Gasteiger partial charge in [0.05, 0.1) is 17.6 Å². The minimum atomic E-state index is 0.107. The lowest BCUT2D eigenvalue weighted by Crippen LogP contribution is -2.09. The molecule has 21 heavy (non-hydrogen) atoms. The molecule has 4 nitrogen and oxygen atoms in total. The van der Waals surface area contributed by atoms with E-state index in [-0.39, 0.29) is 5.78 Å². The minimum Gasteiger partial charge on any atom is -0.294 e. The largest absolute Gasteiger partial charge is 0.294 e. The van der Waals surface area contributed by atoms with Crippen LogP contribution in [0.2, 0.25) is 0 Å². The van der Waals surface area contributed by atoms with E-state index < -0.39 is 0 Å². The topological polar surface area (TPSA) is 47.8 Å². The van der Waals surface area contributed by atoms with Crippen molar-refractivity contribution in [2.75, 3.05) is 0 Å². The summed E-state index contributed by atoms with van der Waals surface area (Å²) in [6.45, 7) is 4.75. The number of ketones is 1. The average molecular weight is 279 g/mol. The van der Waals surface area contributed by atoms with Gasteiger partial charge in [-0.2, -0.15) is 5.10 Å². The number of carbonyl (C=O) groups is 1. The second kappa shape index (κ2) is 5.48. The van der Waals surface area contributed by atoms with E-state index in [1.54, 1.807) is 6.20 Å². The van der Waals surface area contributed by atoms with E-state index in [0.29, 0.717) is 6.42 Å². The molecule has 1 aromatic carbocycles. The molecule has 0 spiro atoms. The van der Waals surface area contributed by atoms with Gasteiger partial charge >= 0.3 is 0 Å². The summed E-state index contributed by atoms with van der Waals surface area (Å²) in [7, 11) is 0. The molecule has 2 aromatic heterocycles. The van der Waals surface area contributed by atoms with Crippen LogP contribution in [0.15, 0.2) is 42.6 Å². The SMILES string of the molecule is CCn1nc(C)cc1CC(=O)c1ccc2ncccc2c1. The van der Waals surface area contributed by atoms with Crippen molar-refractivity contribution in [2.45, 2.75) is 26.8 Å². The van der Waals surface area contributed by atoms with Crippen molar-refractivity contribution in [1.29, 1.82) is 0 Å². The number of rotatable bonds is 4. The molecule has 0 unspecified atom stereocenters. The van der Waals surface area contributed by atoms with Crippen molar-refractivity contribution in [3.63, 3.8) is 0 Å². The lowest BCUT2D eigenvalue weighted by Gasteiger charge is -2.05. The van der Waals surface area contributed by atoms with Gasteiger partial charge in [0.1, 0.15) is 0 Å². The maximum atomic E-state index is 12.5. The van der Waals surface area contributed by atoms with Gasteiger partial charge in [0.25, 0.3) is 0 Å². The molecule has 0 atom stereocenters. The van der Waals surface area contributed by atoms with Gasteiger partial charge in [0.2, 0.25) is 0 Å². The highest BCUT2D eigenvalue weighted by atomic mass is 16.1. The fraction of sp³-hybridized carbons (Fsp3) is 0.235. The molecule has 106 valence electrons. The Morgan fingerprint density at radius 1 is 1.24 bits per heavy atom. The fourth-order valence-electron chi connectivity index (χ4n) is 2.53. The summed E-state index contributed by atoms with van der Waals surface area (Å²) >= 11 is 0. The number of pyridine rings is 1. The zero-order valence-corrected chi connectivity index (χ0v) is 12.2. The first-order valence-corrected chi connectivity index (χ1v) is 7.08. The van der Waals surface area contributed by atoms with Crippen LogP contribution in [0.1, 0.15) is 28.7 Å². The van der Waals surface area contributed by atoms with Crippen LogP contribution in [0.5, 0.6) is 0 Å². The minimum absolute atomic E-state index is 0.107. The highest BCUT2D eigenvalue weighted by Crippen LogP contribution is 2.16. The molecule has 3 aromatic rings. The van der Waals surface area contributed by atoms with Gasteiger partial charge in [-0.25, -0.2) is 0 Å². The van der Waals surface area contributed by atoms with Gasteiger partial charge in [0, 0.05) is 29.4 Å². The molecule has 0 aliphatic heterocycles. The molecule has 0 fully saturated rings. The fourth-order valence-corrected chi connectivity index (χ4v) is 2.53. The number of aromatic nitrogens is 3. The van der Waals surface area contributed by atoms with Crippen molar-refractivity contribution in [3.05, 3.63) is 59.5 Å². The molecule has 0 aliphatic carbocycles. The normalized spacial score (nSPS) is 11.0. The van der Waals surface area contributed by atoms with E-state index in [4.69, 9.17) is 0 Å². The number of aryl methyl sites for hydroxylation is 2. The first-order chi connectivity index (χ1) is 10.2. The van der Waals surface area contributed by atoms with Gasteiger partial charge in [-0.3, -0.25) is 14.5 Å². The summed E-state index contributed by atoms with van der Waals surface area (Å²) in [6, 6.07) is 11.5. The smallest absolute Gasteiger partial charge is 0.168 e. The third kappa shape index (κ3) is 2.70. The Balaban J connectivity index is 1.89. The lowest BCUT2D eigenvalue weighted by molar-refractivity contribution is 0.0990. The Labute approximate surface area is 123 Å². The van der Waals surface area contributed by atoms with Crippen molar-refractivity contribution < 1.29 is 4.79 Å². The number of Topliss-reactive ketones (excluding diaryl/α,β-unsaturated/α-hetero) is 1. The van der Waals surface area contributed by atoms with Gasteiger partial charge < -0.3 is 0 Å². The number of hydrogen-bond acceptors (Lipinski definition) is 3. The summed E-state index contributed by atoms with van der Waals surface area (Å²) in [5.41, 5.74) is 3.54. The van der Waals surface area contributed by atoms with Crippen LogP contribution in [0, 0.1) is 6.92 Å². The van der Waals surface area contributed by atoms with Crippen LogP contribution in [0.3, 0.4) is 0 Å². The third-order valence-electron chi connectivity index (χ3n) is 3.55. The summed E-state index contributed by atoms with van der Waals surface area (Å²) in [6.07, 6.45) is 2.13. The molecule has 0 radical (unpaired) electrons. The molecule has 2 heterocycles. The summed E-state index contributed by atoms with van der Waals surface area (Å²) in [5, 5.41) is 5.37. The Kier molecular flexibility index (Phi) is 3.52. The Bertz CT molecular complexity index is 805.